The molecule has 0 saturated carbocycles. The van der Waals surface area contributed by atoms with Crippen molar-refractivity contribution in [2.45, 2.75) is 0 Å². The Morgan fingerprint density at radius 2 is 1.95 bits per heavy atom. The number of anilines is 2. The van der Waals surface area contributed by atoms with Crippen LogP contribution in [0.3, 0.4) is 0 Å². The number of rotatable bonds is 2. The Morgan fingerprint density at radius 1 is 1.16 bits per heavy atom. The van der Waals surface area contributed by atoms with Crippen LogP contribution < -0.4 is 10.6 Å². The fourth-order valence-corrected chi connectivity index (χ4v) is 3.03. The molecule has 0 unspecified atom stereocenters. The van der Waals surface area contributed by atoms with E-state index >= 15 is 0 Å². The summed E-state index contributed by atoms with van der Waals surface area (Å²) in [6, 6.07) is 12.3. The molecule has 2 aromatic carbocycles. The maximum Gasteiger partial charge on any atom is 0.323 e. The van der Waals surface area contributed by atoms with Gasteiger partial charge < -0.3 is 10.6 Å². The summed E-state index contributed by atoms with van der Waals surface area (Å²) in [6.45, 7) is 0. The van der Waals surface area contributed by atoms with E-state index in [1.807, 2.05) is 18.2 Å². The molecule has 0 saturated heterocycles. The lowest BCUT2D eigenvalue weighted by atomic mass is 10.3. The lowest BCUT2D eigenvalue weighted by Crippen LogP contribution is -2.19. The third kappa shape index (κ3) is 4.36. The zero-order valence-electron chi connectivity index (χ0n) is 9.58. The molecule has 0 aliphatic heterocycles. The van der Waals surface area contributed by atoms with Crippen LogP contribution in [-0.2, 0) is 0 Å². The van der Waals surface area contributed by atoms with E-state index in [9.17, 15) is 4.79 Å². The van der Waals surface area contributed by atoms with E-state index in [-0.39, 0.29) is 6.03 Å². The van der Waals surface area contributed by atoms with Gasteiger partial charge in [-0.1, -0.05) is 17.7 Å². The minimum absolute atomic E-state index is 0.316. The monoisotopic (exact) mass is 450 g/mol. The minimum Gasteiger partial charge on any atom is -0.308 e. The summed E-state index contributed by atoms with van der Waals surface area (Å²) in [7, 11) is 0. The number of carbonyl (C=O) groups is 1. The van der Waals surface area contributed by atoms with Gasteiger partial charge in [0.05, 0.1) is 5.69 Å². The predicted molar refractivity (Wildman–Crippen MR) is 91.0 cm³/mol. The Morgan fingerprint density at radius 3 is 2.63 bits per heavy atom. The molecule has 19 heavy (non-hydrogen) atoms. The topological polar surface area (TPSA) is 41.1 Å². The van der Waals surface area contributed by atoms with Gasteiger partial charge in [0.25, 0.3) is 0 Å². The number of halogens is 3. The maximum absolute atomic E-state index is 11.8. The summed E-state index contributed by atoms with van der Waals surface area (Å²) in [4.78, 5) is 11.8. The van der Waals surface area contributed by atoms with Crippen molar-refractivity contribution in [1.29, 1.82) is 0 Å². The summed E-state index contributed by atoms with van der Waals surface area (Å²) in [6.07, 6.45) is 0. The van der Waals surface area contributed by atoms with Crippen LogP contribution in [0.1, 0.15) is 0 Å². The highest BCUT2D eigenvalue weighted by molar-refractivity contribution is 14.1. The van der Waals surface area contributed by atoms with Gasteiger partial charge in [-0.05, 0) is 74.9 Å². The van der Waals surface area contributed by atoms with E-state index in [0.717, 1.165) is 8.04 Å². The fourth-order valence-electron chi connectivity index (χ4n) is 1.44. The smallest absolute Gasteiger partial charge is 0.308 e. The first-order valence-electron chi connectivity index (χ1n) is 5.33. The highest BCUT2D eigenvalue weighted by Gasteiger charge is 2.06. The van der Waals surface area contributed by atoms with Crippen molar-refractivity contribution in [3.8, 4) is 0 Å². The zero-order valence-corrected chi connectivity index (χ0v) is 14.1. The van der Waals surface area contributed by atoms with Crippen molar-refractivity contribution < 1.29 is 4.79 Å². The Hall–Kier alpha value is -0.790. The molecular weight excluding hydrogens is 442 g/mol. The molecule has 98 valence electrons. The molecule has 2 N–H and O–H groups in total. The maximum atomic E-state index is 11.8. The van der Waals surface area contributed by atoms with E-state index in [0.29, 0.717) is 16.4 Å². The SMILES string of the molecule is O=C(Nc1cccc(Cl)c1)Nc1ccc(I)cc1Br. The van der Waals surface area contributed by atoms with E-state index in [1.165, 1.54) is 0 Å². The standard InChI is InChI=1S/C13H9BrClIN2O/c14-11-7-9(16)4-5-12(11)18-13(19)17-10-3-1-2-8(15)6-10/h1-7H,(H2,17,18,19). The molecule has 2 rings (SSSR count). The van der Waals surface area contributed by atoms with Gasteiger partial charge in [0, 0.05) is 18.8 Å². The molecule has 0 fully saturated rings. The quantitative estimate of drug-likeness (QED) is 0.594. The Bertz CT molecular complexity index is 621. The molecule has 0 radical (unpaired) electrons. The number of amides is 2. The van der Waals surface area contributed by atoms with Crippen molar-refractivity contribution in [1.82, 2.24) is 0 Å². The largest absolute Gasteiger partial charge is 0.323 e. The Labute approximate surface area is 138 Å². The normalized spacial score (nSPS) is 10.1. The number of hydrogen-bond acceptors (Lipinski definition) is 1. The van der Waals surface area contributed by atoms with Gasteiger partial charge in [-0.2, -0.15) is 0 Å². The second-order valence-corrected chi connectivity index (χ2v) is 6.25. The van der Waals surface area contributed by atoms with Crippen LogP contribution in [-0.4, -0.2) is 6.03 Å². The highest BCUT2D eigenvalue weighted by atomic mass is 127. The third-order valence-electron chi connectivity index (χ3n) is 2.26. The second-order valence-electron chi connectivity index (χ2n) is 3.71. The van der Waals surface area contributed by atoms with Crippen molar-refractivity contribution >= 4 is 67.5 Å². The first kappa shape index (κ1) is 14.6. The van der Waals surface area contributed by atoms with Crippen LogP contribution in [0.5, 0.6) is 0 Å². The van der Waals surface area contributed by atoms with Gasteiger partial charge in [0.2, 0.25) is 0 Å². The number of nitrogens with one attached hydrogen (secondary N) is 2. The molecular formula is C13H9BrClIN2O. The van der Waals surface area contributed by atoms with Crippen molar-refractivity contribution in [2.75, 3.05) is 10.6 Å². The second kappa shape index (κ2) is 6.58. The summed E-state index contributed by atoms with van der Waals surface area (Å²) in [5.41, 5.74) is 1.35. The molecule has 0 aliphatic carbocycles. The van der Waals surface area contributed by atoms with Crippen LogP contribution in [0.25, 0.3) is 0 Å². The van der Waals surface area contributed by atoms with Gasteiger partial charge in [0.15, 0.2) is 0 Å². The van der Waals surface area contributed by atoms with E-state index in [4.69, 9.17) is 11.6 Å². The summed E-state index contributed by atoms with van der Waals surface area (Å²) in [5, 5.41) is 6.05. The van der Waals surface area contributed by atoms with E-state index in [2.05, 4.69) is 49.2 Å². The molecule has 0 heterocycles. The number of benzene rings is 2. The van der Waals surface area contributed by atoms with E-state index < -0.39 is 0 Å². The summed E-state index contributed by atoms with van der Waals surface area (Å²) in [5.74, 6) is 0. The highest BCUT2D eigenvalue weighted by Crippen LogP contribution is 2.24. The lowest BCUT2D eigenvalue weighted by Gasteiger charge is -2.09. The molecule has 0 atom stereocenters. The van der Waals surface area contributed by atoms with Crippen LogP contribution in [0.4, 0.5) is 16.2 Å². The first-order chi connectivity index (χ1) is 9.04. The number of urea groups is 1. The molecule has 0 aromatic heterocycles. The molecule has 3 nitrogen and oxygen atoms in total. The van der Waals surface area contributed by atoms with Gasteiger partial charge >= 0.3 is 6.03 Å². The molecule has 0 aliphatic rings. The lowest BCUT2D eigenvalue weighted by molar-refractivity contribution is 0.262. The Kier molecular flexibility index (Phi) is 5.06. The third-order valence-corrected chi connectivity index (χ3v) is 3.82. The first-order valence-corrected chi connectivity index (χ1v) is 7.58. The molecule has 6 heteroatoms. The predicted octanol–water partition coefficient (Wildman–Crippen LogP) is 5.35. The van der Waals surface area contributed by atoms with E-state index in [1.54, 1.807) is 24.3 Å². The molecule has 0 bridgehead atoms. The summed E-state index contributed by atoms with van der Waals surface area (Å²) < 4.78 is 1.92. The van der Waals surface area contributed by atoms with Crippen molar-refractivity contribution in [2.24, 2.45) is 0 Å². The van der Waals surface area contributed by atoms with Gasteiger partial charge in [-0.25, -0.2) is 4.79 Å². The van der Waals surface area contributed by atoms with Gasteiger partial charge in [-0.15, -0.1) is 0 Å². The van der Waals surface area contributed by atoms with Crippen LogP contribution in [0.2, 0.25) is 5.02 Å². The van der Waals surface area contributed by atoms with Gasteiger partial charge in [0.1, 0.15) is 0 Å². The number of hydrogen-bond donors (Lipinski definition) is 2. The molecule has 2 aromatic rings. The van der Waals surface area contributed by atoms with Crippen molar-refractivity contribution in [3.05, 3.63) is 55.5 Å². The molecule has 2 amide bonds. The van der Waals surface area contributed by atoms with Crippen LogP contribution in [0.15, 0.2) is 46.9 Å². The van der Waals surface area contributed by atoms with Gasteiger partial charge in [-0.3, -0.25) is 0 Å². The summed E-state index contributed by atoms with van der Waals surface area (Å²) >= 11 is 11.5. The minimum atomic E-state index is -0.316. The van der Waals surface area contributed by atoms with Crippen molar-refractivity contribution in [3.63, 3.8) is 0 Å². The molecule has 0 spiro atoms. The average Bonchev–Trinajstić information content (AvgIpc) is 2.33. The Balaban J connectivity index is 2.05. The van der Waals surface area contributed by atoms with Crippen LogP contribution >= 0.6 is 50.1 Å². The zero-order chi connectivity index (χ0) is 13.8. The number of carbonyl (C=O) groups excluding carboxylic acids is 1. The average molecular weight is 451 g/mol. The van der Waals surface area contributed by atoms with Crippen LogP contribution in [0, 0.1) is 3.57 Å². The fraction of sp³-hybridized carbons (Fsp3) is 0.